The lowest BCUT2D eigenvalue weighted by atomic mass is 9.66. The molecule has 1 aliphatic rings. The predicted molar refractivity (Wildman–Crippen MR) is 80.7 cm³/mol. The number of aliphatic hydroxyl groups excluding tert-OH is 1. The molecule has 1 N–H and O–H groups in total. The molecule has 1 unspecified atom stereocenters. The zero-order valence-electron chi connectivity index (χ0n) is 12.9. The van der Waals surface area contributed by atoms with E-state index in [2.05, 4.69) is 18.0 Å². The van der Waals surface area contributed by atoms with Crippen LogP contribution in [0.1, 0.15) is 57.2 Å². The van der Waals surface area contributed by atoms with Crippen LogP contribution < -0.4 is 4.74 Å². The van der Waals surface area contributed by atoms with Crippen molar-refractivity contribution in [3.63, 3.8) is 0 Å². The summed E-state index contributed by atoms with van der Waals surface area (Å²) >= 11 is 0. The van der Waals surface area contributed by atoms with E-state index in [1.165, 1.54) is 12.8 Å². The first-order valence-corrected chi connectivity index (χ1v) is 7.75. The Labute approximate surface area is 126 Å². The van der Waals surface area contributed by atoms with Gasteiger partial charge in [-0.05, 0) is 37.7 Å². The number of pyridine rings is 1. The van der Waals surface area contributed by atoms with Gasteiger partial charge in [0.25, 0.3) is 0 Å². The largest absolute Gasteiger partial charge is 0.481 e. The fraction of sp³-hybridized carbons (Fsp3) is 0.647. The standard InChI is InChI=1S/C17H24N2O2/c1-3-5-13-8-10-17(12-18,11-9-13)16(20)14-6-4-7-15(19-14)21-2/h4,6-7,13,16,20H,3,5,8-11H2,1-2H3. The fourth-order valence-electron chi connectivity index (χ4n) is 3.32. The van der Waals surface area contributed by atoms with E-state index in [1.54, 1.807) is 25.3 Å². The van der Waals surface area contributed by atoms with Crippen LogP contribution in [-0.2, 0) is 0 Å². The Morgan fingerprint density at radius 2 is 2.19 bits per heavy atom. The van der Waals surface area contributed by atoms with Crippen LogP contribution in [0.15, 0.2) is 18.2 Å². The first-order chi connectivity index (χ1) is 10.1. The smallest absolute Gasteiger partial charge is 0.213 e. The third kappa shape index (κ3) is 3.36. The van der Waals surface area contributed by atoms with Crippen molar-refractivity contribution in [3.05, 3.63) is 23.9 Å². The molecule has 0 aliphatic heterocycles. The molecule has 1 fully saturated rings. The number of aliphatic hydroxyl groups is 1. The SMILES string of the molecule is CCCC1CCC(C#N)(C(O)c2cccc(OC)n2)CC1. The van der Waals surface area contributed by atoms with Gasteiger partial charge in [-0.2, -0.15) is 5.26 Å². The summed E-state index contributed by atoms with van der Waals surface area (Å²) in [5.74, 6) is 1.17. The second-order valence-corrected chi connectivity index (χ2v) is 6.01. The van der Waals surface area contributed by atoms with Gasteiger partial charge < -0.3 is 9.84 Å². The lowest BCUT2D eigenvalue weighted by Crippen LogP contribution is -2.33. The molecule has 1 aromatic heterocycles. The van der Waals surface area contributed by atoms with E-state index >= 15 is 0 Å². The van der Waals surface area contributed by atoms with Crippen molar-refractivity contribution < 1.29 is 9.84 Å². The number of methoxy groups -OCH3 is 1. The molecule has 1 atom stereocenters. The average molecular weight is 288 g/mol. The van der Waals surface area contributed by atoms with Gasteiger partial charge in [-0.25, -0.2) is 4.98 Å². The maximum atomic E-state index is 10.7. The third-order valence-electron chi connectivity index (χ3n) is 4.67. The van der Waals surface area contributed by atoms with Crippen molar-refractivity contribution in [3.8, 4) is 11.9 Å². The molecule has 1 aromatic rings. The zero-order valence-corrected chi connectivity index (χ0v) is 12.9. The highest BCUT2D eigenvalue weighted by atomic mass is 16.5. The van der Waals surface area contributed by atoms with Crippen molar-refractivity contribution in [2.24, 2.45) is 11.3 Å². The van der Waals surface area contributed by atoms with Gasteiger partial charge in [0.15, 0.2) is 0 Å². The molecular formula is C17H24N2O2. The Hall–Kier alpha value is -1.60. The monoisotopic (exact) mass is 288 g/mol. The first-order valence-electron chi connectivity index (χ1n) is 7.75. The van der Waals surface area contributed by atoms with Crippen molar-refractivity contribution in [2.75, 3.05) is 7.11 Å². The minimum absolute atomic E-state index is 0.472. The molecule has 1 aliphatic carbocycles. The summed E-state index contributed by atoms with van der Waals surface area (Å²) in [6.45, 7) is 2.20. The third-order valence-corrected chi connectivity index (χ3v) is 4.67. The van der Waals surface area contributed by atoms with Gasteiger partial charge in [-0.3, -0.25) is 0 Å². The molecule has 0 bridgehead atoms. The second-order valence-electron chi connectivity index (χ2n) is 6.01. The van der Waals surface area contributed by atoms with Crippen molar-refractivity contribution in [1.29, 1.82) is 5.26 Å². The molecule has 0 radical (unpaired) electrons. The lowest BCUT2D eigenvalue weighted by molar-refractivity contribution is 0.0204. The van der Waals surface area contributed by atoms with Gasteiger partial charge in [0, 0.05) is 6.07 Å². The van der Waals surface area contributed by atoms with E-state index in [0.717, 1.165) is 25.7 Å². The normalized spacial score (nSPS) is 26.9. The Kier molecular flexibility index (Phi) is 5.19. The Morgan fingerprint density at radius 1 is 1.48 bits per heavy atom. The summed E-state index contributed by atoms with van der Waals surface area (Å²) in [5, 5.41) is 20.3. The first kappa shape index (κ1) is 15.8. The lowest BCUT2D eigenvalue weighted by Gasteiger charge is -2.38. The Bertz CT molecular complexity index is 502. The van der Waals surface area contributed by atoms with Crippen LogP contribution in [0.5, 0.6) is 5.88 Å². The van der Waals surface area contributed by atoms with E-state index in [4.69, 9.17) is 4.74 Å². The van der Waals surface area contributed by atoms with Gasteiger partial charge in [0.2, 0.25) is 5.88 Å². The zero-order chi connectivity index (χ0) is 15.3. The fourth-order valence-corrected chi connectivity index (χ4v) is 3.32. The van der Waals surface area contributed by atoms with Gasteiger partial charge in [0.1, 0.15) is 6.10 Å². The summed E-state index contributed by atoms with van der Waals surface area (Å²) in [5.41, 5.74) is -0.172. The van der Waals surface area contributed by atoms with Crippen molar-refractivity contribution in [2.45, 2.75) is 51.6 Å². The Balaban J connectivity index is 2.15. The average Bonchev–Trinajstić information content (AvgIpc) is 2.55. The summed E-state index contributed by atoms with van der Waals surface area (Å²) in [6, 6.07) is 7.70. The highest BCUT2D eigenvalue weighted by molar-refractivity contribution is 5.21. The number of nitrogens with zero attached hydrogens (tertiary/aromatic N) is 2. The molecule has 0 amide bonds. The number of hydrogen-bond donors (Lipinski definition) is 1. The minimum atomic E-state index is -0.847. The van der Waals surface area contributed by atoms with Crippen LogP contribution in [0.3, 0.4) is 0 Å². The van der Waals surface area contributed by atoms with Crippen LogP contribution in [0.2, 0.25) is 0 Å². The van der Waals surface area contributed by atoms with E-state index in [0.29, 0.717) is 17.5 Å². The van der Waals surface area contributed by atoms with Crippen LogP contribution in [0, 0.1) is 22.7 Å². The van der Waals surface area contributed by atoms with Gasteiger partial charge >= 0.3 is 0 Å². The number of aromatic nitrogens is 1. The van der Waals surface area contributed by atoms with Crippen LogP contribution in [0.4, 0.5) is 0 Å². The maximum Gasteiger partial charge on any atom is 0.213 e. The topological polar surface area (TPSA) is 66.1 Å². The van der Waals surface area contributed by atoms with Gasteiger partial charge in [-0.1, -0.05) is 25.8 Å². The molecule has 21 heavy (non-hydrogen) atoms. The Morgan fingerprint density at radius 3 is 2.76 bits per heavy atom. The molecule has 4 heteroatoms. The molecule has 0 aromatic carbocycles. The van der Waals surface area contributed by atoms with Gasteiger partial charge in [-0.15, -0.1) is 0 Å². The van der Waals surface area contributed by atoms with E-state index < -0.39 is 11.5 Å². The van der Waals surface area contributed by atoms with Gasteiger partial charge in [0.05, 0.1) is 24.3 Å². The van der Waals surface area contributed by atoms with Crippen molar-refractivity contribution >= 4 is 0 Å². The molecule has 1 saturated carbocycles. The number of ether oxygens (including phenoxy) is 1. The summed E-state index contributed by atoms with van der Waals surface area (Å²) in [6.07, 6.45) is 5.08. The molecule has 2 rings (SSSR count). The molecule has 114 valence electrons. The minimum Gasteiger partial charge on any atom is -0.481 e. The van der Waals surface area contributed by atoms with E-state index in [1.807, 2.05) is 0 Å². The van der Waals surface area contributed by atoms with Crippen LogP contribution in [-0.4, -0.2) is 17.2 Å². The van der Waals surface area contributed by atoms with Crippen LogP contribution in [0.25, 0.3) is 0 Å². The highest BCUT2D eigenvalue weighted by Gasteiger charge is 2.43. The van der Waals surface area contributed by atoms with Crippen molar-refractivity contribution in [1.82, 2.24) is 4.98 Å². The summed E-state index contributed by atoms with van der Waals surface area (Å²) in [7, 11) is 1.55. The second kappa shape index (κ2) is 6.91. The summed E-state index contributed by atoms with van der Waals surface area (Å²) < 4.78 is 5.10. The molecule has 0 saturated heterocycles. The predicted octanol–water partition coefficient (Wildman–Crippen LogP) is 3.62. The molecule has 0 spiro atoms. The van der Waals surface area contributed by atoms with E-state index in [9.17, 15) is 10.4 Å². The number of nitriles is 1. The highest BCUT2D eigenvalue weighted by Crippen LogP contribution is 2.47. The number of rotatable bonds is 5. The maximum absolute atomic E-state index is 10.7. The quantitative estimate of drug-likeness (QED) is 0.898. The van der Waals surface area contributed by atoms with E-state index in [-0.39, 0.29) is 0 Å². The van der Waals surface area contributed by atoms with Crippen LogP contribution >= 0.6 is 0 Å². The molecule has 4 nitrogen and oxygen atoms in total. The molecule has 1 heterocycles. The summed E-state index contributed by atoms with van der Waals surface area (Å²) in [4.78, 5) is 4.29. The number of hydrogen-bond acceptors (Lipinski definition) is 4. The molecular weight excluding hydrogens is 264 g/mol.